The molecule has 1 aliphatic carbocycles. The Morgan fingerprint density at radius 1 is 1.26 bits per heavy atom. The molecule has 0 aliphatic heterocycles. The molecule has 0 radical (unpaired) electrons. The molecule has 23 heavy (non-hydrogen) atoms. The lowest BCUT2D eigenvalue weighted by molar-refractivity contribution is -0.123. The van der Waals surface area contributed by atoms with Gasteiger partial charge in [0.1, 0.15) is 0 Å². The number of rotatable bonds is 3. The largest absolute Gasteiger partial charge is 0.390 e. The molecule has 5 heteroatoms. The highest BCUT2D eigenvalue weighted by Crippen LogP contribution is 2.51. The van der Waals surface area contributed by atoms with Gasteiger partial charge in [-0.25, -0.2) is 0 Å². The fraction of sp³-hybridized carbons (Fsp3) is 0.389. The summed E-state index contributed by atoms with van der Waals surface area (Å²) < 4.78 is 1.98. The van der Waals surface area contributed by atoms with Crippen molar-refractivity contribution in [2.45, 2.75) is 44.6 Å². The zero-order chi connectivity index (χ0) is 16.1. The summed E-state index contributed by atoms with van der Waals surface area (Å²) in [6.07, 6.45) is 2.64. The average molecular weight is 316 g/mol. The maximum atomic E-state index is 12.1. The van der Waals surface area contributed by atoms with Gasteiger partial charge in [0.25, 0.3) is 0 Å². The van der Waals surface area contributed by atoms with E-state index in [1.54, 1.807) is 0 Å². The van der Waals surface area contributed by atoms with Crippen molar-refractivity contribution in [3.63, 3.8) is 0 Å². The summed E-state index contributed by atoms with van der Waals surface area (Å²) in [5.41, 5.74) is 8.63. The maximum absolute atomic E-state index is 12.1. The molecule has 0 fully saturated rings. The molecule has 1 aromatic heterocycles. The first kappa shape index (κ1) is 17.2. The number of hydrogen-bond acceptors (Lipinski definition) is 2. The monoisotopic (exact) mass is 316 g/mol. The number of nitrogens with zero attached hydrogens (tertiary/aromatic N) is 1. The summed E-state index contributed by atoms with van der Waals surface area (Å²) in [6.45, 7) is 6.05. The van der Waals surface area contributed by atoms with E-state index < -0.39 is 5.41 Å². The first-order chi connectivity index (χ1) is 10.3. The van der Waals surface area contributed by atoms with Crippen LogP contribution in [0.3, 0.4) is 0 Å². The minimum absolute atomic E-state index is 0. The molecule has 1 aliphatic rings. The van der Waals surface area contributed by atoms with Gasteiger partial charge >= 0.3 is 0 Å². The van der Waals surface area contributed by atoms with Gasteiger partial charge in [-0.1, -0.05) is 32.0 Å². The van der Waals surface area contributed by atoms with E-state index in [9.17, 15) is 9.90 Å². The third-order valence-electron chi connectivity index (χ3n) is 4.90. The van der Waals surface area contributed by atoms with Crippen LogP contribution in [0.1, 0.15) is 44.0 Å². The number of hydrogen-bond donors (Lipinski definition) is 3. The molecule has 0 spiro atoms. The van der Waals surface area contributed by atoms with E-state index in [1.807, 2.05) is 48.0 Å². The Bertz CT molecular complexity index is 734. The van der Waals surface area contributed by atoms with Crippen LogP contribution in [-0.4, -0.2) is 15.6 Å². The van der Waals surface area contributed by atoms with Crippen molar-refractivity contribution in [3.8, 4) is 5.69 Å². The molecule has 1 aromatic carbocycles. The second kappa shape index (κ2) is 5.51. The topological polar surface area (TPSA) is 105 Å². The number of aliphatic hydroxyl groups excluding tert-OH is 1. The van der Waals surface area contributed by atoms with E-state index >= 15 is 0 Å². The van der Waals surface area contributed by atoms with Crippen molar-refractivity contribution in [1.29, 1.82) is 0 Å². The van der Waals surface area contributed by atoms with Gasteiger partial charge in [-0.15, -0.1) is 0 Å². The van der Waals surface area contributed by atoms with E-state index in [0.29, 0.717) is 6.42 Å². The number of fused-ring (bicyclic) bond motifs is 1. The molecule has 0 saturated heterocycles. The van der Waals surface area contributed by atoms with Crippen LogP contribution in [0, 0.1) is 0 Å². The molecule has 3 rings (SSSR count). The number of aliphatic hydroxyl groups is 1. The second-order valence-corrected chi connectivity index (χ2v) is 6.99. The Hall–Kier alpha value is -2.11. The van der Waals surface area contributed by atoms with Crippen LogP contribution >= 0.6 is 0 Å². The molecule has 1 atom stereocenters. The van der Waals surface area contributed by atoms with Gasteiger partial charge in [-0.3, -0.25) is 4.79 Å². The van der Waals surface area contributed by atoms with E-state index in [4.69, 9.17) is 5.73 Å². The van der Waals surface area contributed by atoms with Gasteiger partial charge in [0.2, 0.25) is 5.91 Å². The molecule has 0 saturated carbocycles. The number of aromatic nitrogens is 1. The normalized spacial score (nSPS) is 21.6. The Morgan fingerprint density at radius 3 is 2.39 bits per heavy atom. The summed E-state index contributed by atoms with van der Waals surface area (Å²) >= 11 is 0. The van der Waals surface area contributed by atoms with Gasteiger partial charge in [0.05, 0.1) is 17.7 Å². The van der Waals surface area contributed by atoms with Crippen LogP contribution in [0.5, 0.6) is 0 Å². The van der Waals surface area contributed by atoms with E-state index in [1.165, 1.54) is 0 Å². The van der Waals surface area contributed by atoms with Crippen LogP contribution in [0.25, 0.3) is 5.69 Å². The predicted octanol–water partition coefficient (Wildman–Crippen LogP) is 2.77. The Kier molecular flexibility index (Phi) is 4.13. The quantitative estimate of drug-likeness (QED) is 0.810. The first-order valence-electron chi connectivity index (χ1n) is 7.52. The molecule has 124 valence electrons. The summed E-state index contributed by atoms with van der Waals surface area (Å²) in [6, 6.07) is 9.85. The van der Waals surface area contributed by atoms with Gasteiger partial charge < -0.3 is 21.6 Å². The molecule has 5 nitrogen and oxygen atoms in total. The molecule has 1 unspecified atom stereocenters. The van der Waals surface area contributed by atoms with Crippen LogP contribution in [0.15, 0.2) is 36.5 Å². The van der Waals surface area contributed by atoms with Crippen LogP contribution in [0.4, 0.5) is 0 Å². The molecule has 1 amide bonds. The van der Waals surface area contributed by atoms with Crippen LogP contribution in [-0.2, 0) is 22.2 Å². The standard InChI is InChI=1S/C18H22N2O2.H3N/c1-17(2)11-18(3,16(19)22)13-9-20(14(10-21)15(13)17)12-7-5-4-6-8-12;/h4-9,21H,10-11H2,1-3H3,(H2,19,22);1H3/p+1. The SMILES string of the molecule is CC1(C)CC(C)(C(N)=O)c2cn(-c3ccccc3)c(CO)c21.[NH4+]. The zero-order valence-electron chi connectivity index (χ0n) is 14.3. The van der Waals surface area contributed by atoms with E-state index in [2.05, 4.69) is 13.8 Å². The Morgan fingerprint density at radius 2 is 1.87 bits per heavy atom. The number of carbonyl (C=O) groups excluding carboxylic acids is 1. The summed E-state index contributed by atoms with van der Waals surface area (Å²) in [5, 5.41) is 9.94. The zero-order valence-corrected chi connectivity index (χ0v) is 14.3. The number of nitrogens with two attached hydrogens (primary N) is 1. The second-order valence-electron chi connectivity index (χ2n) is 6.99. The maximum Gasteiger partial charge on any atom is 0.227 e. The van der Waals surface area contributed by atoms with Crippen LogP contribution in [0.2, 0.25) is 0 Å². The van der Waals surface area contributed by atoms with Crippen molar-refractivity contribution >= 4 is 5.91 Å². The lowest BCUT2D eigenvalue weighted by atomic mass is 9.79. The number of benzene rings is 1. The number of carbonyl (C=O) groups is 1. The Balaban J connectivity index is 0.00000192. The number of para-hydroxylation sites is 1. The van der Waals surface area contributed by atoms with Crippen molar-refractivity contribution in [2.24, 2.45) is 5.73 Å². The Labute approximate surface area is 136 Å². The molecular formula is C18H26N3O2+. The molecule has 1 heterocycles. The molecular weight excluding hydrogens is 290 g/mol. The lowest BCUT2D eigenvalue weighted by Crippen LogP contribution is -2.37. The smallest absolute Gasteiger partial charge is 0.227 e. The van der Waals surface area contributed by atoms with Crippen LogP contribution < -0.4 is 11.9 Å². The van der Waals surface area contributed by atoms with Gasteiger partial charge in [-0.2, -0.15) is 0 Å². The fourth-order valence-electron chi connectivity index (χ4n) is 3.98. The van der Waals surface area contributed by atoms with Crippen molar-refractivity contribution in [1.82, 2.24) is 10.7 Å². The minimum Gasteiger partial charge on any atom is -0.390 e. The van der Waals surface area contributed by atoms with Crippen molar-refractivity contribution in [3.05, 3.63) is 53.3 Å². The minimum atomic E-state index is -0.692. The number of primary amides is 1. The highest BCUT2D eigenvalue weighted by molar-refractivity contribution is 5.88. The number of amides is 1. The van der Waals surface area contributed by atoms with Gasteiger partial charge in [0, 0.05) is 11.9 Å². The van der Waals surface area contributed by atoms with Crippen molar-refractivity contribution < 1.29 is 9.90 Å². The van der Waals surface area contributed by atoms with Gasteiger partial charge in [-0.05, 0) is 42.0 Å². The summed E-state index contributed by atoms with van der Waals surface area (Å²) in [5.74, 6) is -0.311. The summed E-state index contributed by atoms with van der Waals surface area (Å²) in [7, 11) is 0. The first-order valence-corrected chi connectivity index (χ1v) is 7.52. The average Bonchev–Trinajstić information content (AvgIpc) is 2.96. The highest BCUT2D eigenvalue weighted by atomic mass is 16.3. The third kappa shape index (κ3) is 2.36. The van der Waals surface area contributed by atoms with E-state index in [0.717, 1.165) is 22.5 Å². The van der Waals surface area contributed by atoms with Gasteiger partial charge in [0.15, 0.2) is 0 Å². The predicted molar refractivity (Wildman–Crippen MR) is 91.9 cm³/mol. The van der Waals surface area contributed by atoms with Crippen molar-refractivity contribution in [2.75, 3.05) is 0 Å². The van der Waals surface area contributed by atoms with E-state index in [-0.39, 0.29) is 24.1 Å². The lowest BCUT2D eigenvalue weighted by Gasteiger charge is -2.26. The molecule has 2 aromatic rings. The third-order valence-corrected chi connectivity index (χ3v) is 4.90. The molecule has 7 N–H and O–H groups in total. The fourth-order valence-corrected chi connectivity index (χ4v) is 3.98. The highest BCUT2D eigenvalue weighted by Gasteiger charge is 2.51. The molecule has 0 bridgehead atoms. The summed E-state index contributed by atoms with van der Waals surface area (Å²) in [4.78, 5) is 12.1. The number of quaternary nitrogens is 1.